The van der Waals surface area contributed by atoms with Gasteiger partial charge in [-0.25, -0.2) is 4.39 Å². The summed E-state index contributed by atoms with van der Waals surface area (Å²) in [6.45, 7) is 0.167. The largest absolute Gasteiger partial charge is 0.508 e. The maximum Gasteiger partial charge on any atom is 0.303 e. The minimum absolute atomic E-state index is 0.00405. The first kappa shape index (κ1) is 35.5. The number of aromatic hydroxyl groups is 1. The van der Waals surface area contributed by atoms with Gasteiger partial charge in [0.15, 0.2) is 0 Å². The van der Waals surface area contributed by atoms with Gasteiger partial charge in [-0.05, 0) is 97.3 Å². The van der Waals surface area contributed by atoms with E-state index in [0.717, 1.165) is 10.6 Å². The lowest BCUT2D eigenvalue weighted by Crippen LogP contribution is -2.55. The first-order valence-electron chi connectivity index (χ1n) is 18.1. The van der Waals surface area contributed by atoms with Crippen molar-refractivity contribution in [2.75, 3.05) is 12.0 Å². The van der Waals surface area contributed by atoms with Gasteiger partial charge in [-0.2, -0.15) is 5.01 Å². The Morgan fingerprint density at radius 2 is 1.70 bits per heavy atom. The molecule has 4 amide bonds. The van der Waals surface area contributed by atoms with E-state index >= 15 is 4.79 Å². The fraction of sp³-hybridized carbons (Fsp3) is 0.341. The second-order valence-corrected chi connectivity index (χ2v) is 15.1. The van der Waals surface area contributed by atoms with Gasteiger partial charge in [0.25, 0.3) is 11.8 Å². The highest BCUT2D eigenvalue weighted by Gasteiger charge is 2.70. The molecule has 5 aliphatic rings. The Hall–Kier alpha value is -5.49. The number of anilines is 1. The van der Waals surface area contributed by atoms with Gasteiger partial charge in [0.1, 0.15) is 17.3 Å². The number of halogens is 2. The molecule has 2 saturated heterocycles. The number of carboxylic acid groups (broad SMARTS) is 1. The van der Waals surface area contributed by atoms with E-state index in [4.69, 9.17) is 21.4 Å². The zero-order chi connectivity index (χ0) is 37.9. The first-order valence-corrected chi connectivity index (χ1v) is 18.5. The number of nitrogens with zero attached hydrogens (tertiary/aromatic N) is 2. The molecule has 13 heteroatoms. The number of ether oxygens (including phenoxy) is 1. The highest BCUT2D eigenvalue weighted by Crippen LogP contribution is 2.63. The molecule has 3 heterocycles. The van der Waals surface area contributed by atoms with Crippen molar-refractivity contribution in [3.05, 3.63) is 112 Å². The molecule has 11 nitrogen and oxygen atoms in total. The lowest BCUT2D eigenvalue weighted by atomic mass is 9.48. The Kier molecular flexibility index (Phi) is 9.04. The summed E-state index contributed by atoms with van der Waals surface area (Å²) in [6, 6.07) is 16.9. The number of benzene rings is 3. The zero-order valence-corrected chi connectivity index (χ0v) is 29.8. The number of unbranched alkanes of at least 4 members (excludes halogenated alkanes) is 2. The summed E-state index contributed by atoms with van der Waals surface area (Å²) >= 11 is 6.37. The third kappa shape index (κ3) is 5.74. The number of phenols is 1. The molecule has 0 unspecified atom stereocenters. The number of allylic oxidation sites excluding steroid dienone is 3. The predicted octanol–water partition coefficient (Wildman–Crippen LogP) is 6.17. The van der Waals surface area contributed by atoms with Crippen LogP contribution in [0.15, 0.2) is 90.2 Å². The van der Waals surface area contributed by atoms with Crippen LogP contribution in [0.4, 0.5) is 10.1 Å². The van der Waals surface area contributed by atoms with Crippen molar-refractivity contribution >= 4 is 46.9 Å². The molecule has 278 valence electrons. The molecule has 54 heavy (non-hydrogen) atoms. The van der Waals surface area contributed by atoms with Crippen molar-refractivity contribution < 1.29 is 43.3 Å². The van der Waals surface area contributed by atoms with Crippen LogP contribution in [0.25, 0.3) is 0 Å². The van der Waals surface area contributed by atoms with Crippen LogP contribution in [-0.4, -0.2) is 56.3 Å². The quantitative estimate of drug-likeness (QED) is 0.125. The third-order valence-electron chi connectivity index (χ3n) is 11.8. The lowest BCUT2D eigenvalue weighted by molar-refractivity contribution is -0.141. The molecule has 3 N–H and O–H groups in total. The minimum atomic E-state index is -1.55. The highest BCUT2D eigenvalue weighted by atomic mass is 35.5. The van der Waals surface area contributed by atoms with Crippen LogP contribution in [0.2, 0.25) is 5.02 Å². The molecule has 3 aliphatic heterocycles. The SMILES string of the molecule is O=C(O)CCCCCN1C(=O)[C@H]2[C@H](CC=C3[C@H](C4=COc5ccc(O)cc5C4)[C@]4(c5ccc(Cl)cc5)C(=O)N(Nc5ccc(F)cc5)C(=O)[C@@H]4C[C@H]32)C1=O. The van der Waals surface area contributed by atoms with Crippen LogP contribution in [0.5, 0.6) is 11.5 Å². The van der Waals surface area contributed by atoms with Gasteiger partial charge in [-0.3, -0.25) is 34.3 Å². The predicted molar refractivity (Wildman–Crippen MR) is 193 cm³/mol. The van der Waals surface area contributed by atoms with Crippen LogP contribution in [0.1, 0.15) is 49.7 Å². The number of aliphatic carboxylic acids is 1. The molecule has 3 aromatic carbocycles. The van der Waals surface area contributed by atoms with Gasteiger partial charge in [0.2, 0.25) is 11.8 Å². The van der Waals surface area contributed by atoms with Gasteiger partial charge in [-0.1, -0.05) is 41.8 Å². The summed E-state index contributed by atoms with van der Waals surface area (Å²) in [5.74, 6) is -6.36. The molecule has 0 spiro atoms. The van der Waals surface area contributed by atoms with Crippen LogP contribution < -0.4 is 10.2 Å². The van der Waals surface area contributed by atoms with E-state index in [0.29, 0.717) is 52.4 Å². The molecular formula is C41H37ClFN3O8. The maximum atomic E-state index is 15.3. The number of carbonyl (C=O) groups is 5. The van der Waals surface area contributed by atoms with Crippen LogP contribution >= 0.6 is 11.6 Å². The Morgan fingerprint density at radius 3 is 2.44 bits per heavy atom. The summed E-state index contributed by atoms with van der Waals surface area (Å²) in [5.41, 5.74) is 4.32. The van der Waals surface area contributed by atoms with Crippen molar-refractivity contribution in [3.8, 4) is 11.5 Å². The number of carbonyl (C=O) groups excluding carboxylic acids is 4. The van der Waals surface area contributed by atoms with Gasteiger partial charge in [0, 0.05) is 35.9 Å². The molecule has 2 aliphatic carbocycles. The Bertz CT molecular complexity index is 2140. The number of likely N-dealkylation sites (tertiary alicyclic amines) is 1. The molecule has 8 rings (SSSR count). The summed E-state index contributed by atoms with van der Waals surface area (Å²) < 4.78 is 20.0. The second kappa shape index (κ2) is 13.7. The van der Waals surface area contributed by atoms with Crippen LogP contribution in [0, 0.1) is 35.4 Å². The topological polar surface area (TPSA) is 154 Å². The number of hydrogen-bond donors (Lipinski definition) is 3. The molecule has 0 aromatic heterocycles. The average Bonchev–Trinajstić information content (AvgIpc) is 3.52. The summed E-state index contributed by atoms with van der Waals surface area (Å²) in [6.07, 6.45) is 5.59. The van der Waals surface area contributed by atoms with E-state index in [1.54, 1.807) is 42.7 Å². The molecule has 3 aromatic rings. The molecule has 1 saturated carbocycles. The summed E-state index contributed by atoms with van der Waals surface area (Å²) in [4.78, 5) is 70.5. The minimum Gasteiger partial charge on any atom is -0.508 e. The van der Waals surface area contributed by atoms with Crippen molar-refractivity contribution in [1.29, 1.82) is 0 Å². The molecule has 0 radical (unpaired) electrons. The molecule has 3 fully saturated rings. The Balaban J connectivity index is 1.24. The number of imide groups is 2. The average molecular weight is 754 g/mol. The zero-order valence-electron chi connectivity index (χ0n) is 29.0. The Labute approximate surface area is 315 Å². The number of amides is 4. The smallest absolute Gasteiger partial charge is 0.303 e. The number of hydrogen-bond acceptors (Lipinski definition) is 8. The number of rotatable bonds is 10. The number of phenolic OH excluding ortho intramolecular Hbond substituents is 1. The number of carboxylic acids is 1. The van der Waals surface area contributed by atoms with Crippen molar-refractivity contribution in [3.63, 3.8) is 0 Å². The number of nitrogens with one attached hydrogen (secondary N) is 1. The fourth-order valence-electron chi connectivity index (χ4n) is 9.48. The van der Waals surface area contributed by atoms with Crippen LogP contribution in [0.3, 0.4) is 0 Å². The normalized spacial score (nSPS) is 27.0. The van der Waals surface area contributed by atoms with Gasteiger partial charge < -0.3 is 14.9 Å². The summed E-state index contributed by atoms with van der Waals surface area (Å²) in [7, 11) is 0. The van der Waals surface area contributed by atoms with E-state index in [9.17, 15) is 28.7 Å². The van der Waals surface area contributed by atoms with Crippen molar-refractivity contribution in [2.45, 2.75) is 50.4 Å². The number of fused-ring (bicyclic) bond motifs is 5. The van der Waals surface area contributed by atoms with E-state index in [2.05, 4.69) is 5.43 Å². The first-order chi connectivity index (χ1) is 26.0. The molecular weight excluding hydrogens is 717 g/mol. The van der Waals surface area contributed by atoms with Crippen LogP contribution in [-0.2, 0) is 35.8 Å². The second-order valence-electron chi connectivity index (χ2n) is 14.7. The maximum absolute atomic E-state index is 15.3. The Morgan fingerprint density at radius 1 is 0.944 bits per heavy atom. The number of hydrazine groups is 1. The van der Waals surface area contributed by atoms with Crippen molar-refractivity contribution in [2.24, 2.45) is 29.6 Å². The highest BCUT2D eigenvalue weighted by molar-refractivity contribution is 6.30. The van der Waals surface area contributed by atoms with Gasteiger partial charge in [0.05, 0.1) is 35.1 Å². The third-order valence-corrected chi connectivity index (χ3v) is 12.0. The van der Waals surface area contributed by atoms with Gasteiger partial charge in [-0.15, -0.1) is 0 Å². The lowest BCUT2D eigenvalue weighted by Gasteiger charge is -2.51. The molecule has 6 atom stereocenters. The monoisotopic (exact) mass is 753 g/mol. The van der Waals surface area contributed by atoms with E-state index < -0.39 is 58.6 Å². The van der Waals surface area contributed by atoms with Gasteiger partial charge >= 0.3 is 5.97 Å². The fourth-order valence-corrected chi connectivity index (χ4v) is 9.61. The van der Waals surface area contributed by atoms with E-state index in [1.807, 2.05) is 6.08 Å². The van der Waals surface area contributed by atoms with E-state index in [-0.39, 0.29) is 49.8 Å². The summed E-state index contributed by atoms with van der Waals surface area (Å²) in [5, 5.41) is 20.8. The van der Waals surface area contributed by atoms with E-state index in [1.165, 1.54) is 35.2 Å². The standard InChI is InChI=1S/C41H37ClFN3O8/c42-25-7-5-24(6-8-25)41-32(38(51)46(40(41)53)44-27-11-9-26(43)10-12-27)20-31-29(36(41)23-18-22-19-28(47)13-16-33(22)54-21-23)14-15-30-35(31)39(52)45(37(30)50)17-3-1-2-4-34(48)49/h5-14,16,19,21,30-32,35-36,44,47H,1-4,15,17-18,20H2,(H,48,49)/t30-,31+,32-,35-,36-,41+/m0/s1. The molecule has 0 bridgehead atoms. The van der Waals surface area contributed by atoms with Crippen molar-refractivity contribution in [1.82, 2.24) is 9.91 Å².